The molecule has 3 aromatic rings. The number of hydrogen-bond acceptors (Lipinski definition) is 6. The van der Waals surface area contributed by atoms with Crippen LogP contribution in [-0.4, -0.2) is 41.3 Å². The Hall–Kier alpha value is -3.29. The zero-order chi connectivity index (χ0) is 18.6. The summed E-state index contributed by atoms with van der Waals surface area (Å²) in [6, 6.07) is 8.94. The molecule has 8 nitrogen and oxygen atoms in total. The normalized spacial score (nSPS) is 14.9. The molecule has 2 amide bonds. The van der Waals surface area contributed by atoms with Crippen LogP contribution in [0.25, 0.3) is 11.5 Å². The second-order valence-corrected chi connectivity index (χ2v) is 6.38. The van der Waals surface area contributed by atoms with Crippen molar-refractivity contribution in [2.75, 3.05) is 25.5 Å². The van der Waals surface area contributed by atoms with Crippen LogP contribution in [0.2, 0.25) is 0 Å². The third-order valence-corrected chi connectivity index (χ3v) is 4.68. The first kappa shape index (κ1) is 17.1. The SMILES string of the molecule is COc1ccc(NC(=O)N2CCC(c3nnc(-c4ccoc4)o3)CC2)cc1. The highest BCUT2D eigenvalue weighted by molar-refractivity contribution is 5.89. The molecule has 4 rings (SSSR count). The van der Waals surface area contributed by atoms with Crippen LogP contribution in [0.4, 0.5) is 10.5 Å². The summed E-state index contributed by atoms with van der Waals surface area (Å²) in [6.07, 6.45) is 4.70. The topological polar surface area (TPSA) is 93.6 Å². The lowest BCUT2D eigenvalue weighted by Gasteiger charge is -2.30. The van der Waals surface area contributed by atoms with Crippen molar-refractivity contribution < 1.29 is 18.4 Å². The molecule has 0 unspecified atom stereocenters. The van der Waals surface area contributed by atoms with Gasteiger partial charge in [0.05, 0.1) is 18.9 Å². The second-order valence-electron chi connectivity index (χ2n) is 6.38. The minimum atomic E-state index is -0.108. The van der Waals surface area contributed by atoms with Gasteiger partial charge in [0.2, 0.25) is 5.89 Å². The molecule has 1 N–H and O–H groups in total. The first-order valence-corrected chi connectivity index (χ1v) is 8.79. The highest BCUT2D eigenvalue weighted by atomic mass is 16.5. The van der Waals surface area contributed by atoms with Gasteiger partial charge < -0.3 is 23.8 Å². The van der Waals surface area contributed by atoms with Crippen molar-refractivity contribution in [1.82, 2.24) is 15.1 Å². The average molecular weight is 368 g/mol. The van der Waals surface area contributed by atoms with Crippen molar-refractivity contribution in [3.8, 4) is 17.2 Å². The molecule has 0 radical (unpaired) electrons. The van der Waals surface area contributed by atoms with Crippen LogP contribution in [0.3, 0.4) is 0 Å². The van der Waals surface area contributed by atoms with E-state index in [0.29, 0.717) is 24.9 Å². The molecule has 1 saturated heterocycles. The summed E-state index contributed by atoms with van der Waals surface area (Å²) in [5, 5.41) is 11.1. The summed E-state index contributed by atoms with van der Waals surface area (Å²) in [7, 11) is 1.61. The van der Waals surface area contributed by atoms with Gasteiger partial charge in [0.1, 0.15) is 12.0 Å². The Kier molecular flexibility index (Phi) is 4.78. The molecule has 27 heavy (non-hydrogen) atoms. The van der Waals surface area contributed by atoms with Crippen molar-refractivity contribution in [1.29, 1.82) is 0 Å². The molecular formula is C19H20N4O4. The number of carbonyl (C=O) groups is 1. The Morgan fingerprint density at radius 1 is 1.19 bits per heavy atom. The zero-order valence-electron chi connectivity index (χ0n) is 14.9. The Bertz CT molecular complexity index is 881. The summed E-state index contributed by atoms with van der Waals surface area (Å²) in [5.74, 6) is 1.98. The fourth-order valence-corrected chi connectivity index (χ4v) is 3.11. The minimum absolute atomic E-state index is 0.108. The van der Waals surface area contributed by atoms with E-state index in [0.717, 1.165) is 29.8 Å². The number of amides is 2. The van der Waals surface area contributed by atoms with Crippen LogP contribution in [-0.2, 0) is 0 Å². The number of nitrogens with one attached hydrogen (secondary N) is 1. The van der Waals surface area contributed by atoms with Crippen molar-refractivity contribution in [3.63, 3.8) is 0 Å². The predicted octanol–water partition coefficient (Wildman–Crippen LogP) is 3.75. The monoisotopic (exact) mass is 368 g/mol. The molecule has 0 bridgehead atoms. The number of carbonyl (C=O) groups excluding carboxylic acids is 1. The number of likely N-dealkylation sites (tertiary alicyclic amines) is 1. The van der Waals surface area contributed by atoms with Gasteiger partial charge in [-0.2, -0.15) is 0 Å². The quantitative estimate of drug-likeness (QED) is 0.754. The maximum atomic E-state index is 12.4. The summed E-state index contributed by atoms with van der Waals surface area (Å²) < 4.78 is 15.9. The predicted molar refractivity (Wildman–Crippen MR) is 97.6 cm³/mol. The average Bonchev–Trinajstić information content (AvgIpc) is 3.40. The smallest absolute Gasteiger partial charge is 0.321 e. The number of rotatable bonds is 4. The van der Waals surface area contributed by atoms with Gasteiger partial charge in [0.15, 0.2) is 0 Å². The van der Waals surface area contributed by atoms with E-state index in [1.165, 1.54) is 0 Å². The zero-order valence-corrected chi connectivity index (χ0v) is 14.9. The van der Waals surface area contributed by atoms with E-state index in [9.17, 15) is 4.79 Å². The molecule has 0 aliphatic carbocycles. The van der Waals surface area contributed by atoms with Gasteiger partial charge in [-0.1, -0.05) is 0 Å². The van der Waals surface area contributed by atoms with Gasteiger partial charge >= 0.3 is 6.03 Å². The second kappa shape index (κ2) is 7.53. The third-order valence-electron chi connectivity index (χ3n) is 4.68. The fraction of sp³-hybridized carbons (Fsp3) is 0.316. The highest BCUT2D eigenvalue weighted by Gasteiger charge is 2.27. The summed E-state index contributed by atoms with van der Waals surface area (Å²) in [4.78, 5) is 14.2. The van der Waals surface area contributed by atoms with E-state index in [4.69, 9.17) is 13.6 Å². The van der Waals surface area contributed by atoms with Gasteiger partial charge in [0.25, 0.3) is 5.89 Å². The summed E-state index contributed by atoms with van der Waals surface area (Å²) >= 11 is 0. The lowest BCUT2D eigenvalue weighted by Crippen LogP contribution is -2.40. The summed E-state index contributed by atoms with van der Waals surface area (Å²) in [5.41, 5.74) is 1.51. The van der Waals surface area contributed by atoms with Crippen molar-refractivity contribution >= 4 is 11.7 Å². The van der Waals surface area contributed by atoms with Crippen LogP contribution >= 0.6 is 0 Å². The molecule has 1 aromatic carbocycles. The molecule has 0 atom stereocenters. The van der Waals surface area contributed by atoms with Crippen LogP contribution in [0.5, 0.6) is 5.75 Å². The van der Waals surface area contributed by atoms with E-state index in [1.807, 2.05) is 24.3 Å². The number of urea groups is 1. The number of benzene rings is 1. The minimum Gasteiger partial charge on any atom is -0.497 e. The molecule has 0 saturated carbocycles. The van der Waals surface area contributed by atoms with E-state index in [2.05, 4.69) is 15.5 Å². The number of aromatic nitrogens is 2. The molecule has 0 spiro atoms. The molecule has 1 fully saturated rings. The molecule has 1 aliphatic rings. The molecule has 3 heterocycles. The Labute approximate surface area is 156 Å². The van der Waals surface area contributed by atoms with E-state index in [-0.39, 0.29) is 11.9 Å². The summed E-state index contributed by atoms with van der Waals surface area (Å²) in [6.45, 7) is 1.27. The number of piperidine rings is 1. The fourth-order valence-electron chi connectivity index (χ4n) is 3.11. The number of nitrogens with zero attached hydrogens (tertiary/aromatic N) is 3. The Balaban J connectivity index is 1.32. The van der Waals surface area contributed by atoms with Gasteiger partial charge in [-0.15, -0.1) is 10.2 Å². The van der Waals surface area contributed by atoms with Gasteiger partial charge in [-0.3, -0.25) is 0 Å². The van der Waals surface area contributed by atoms with E-state index < -0.39 is 0 Å². The van der Waals surface area contributed by atoms with E-state index in [1.54, 1.807) is 30.6 Å². The van der Waals surface area contributed by atoms with Crippen LogP contribution in [0, 0.1) is 0 Å². The first-order chi connectivity index (χ1) is 13.2. The molecular weight excluding hydrogens is 348 g/mol. The lowest BCUT2D eigenvalue weighted by molar-refractivity contribution is 0.190. The van der Waals surface area contributed by atoms with Gasteiger partial charge in [-0.25, -0.2) is 4.79 Å². The number of hydrogen-bond donors (Lipinski definition) is 1. The number of ether oxygens (including phenoxy) is 1. The number of methoxy groups -OCH3 is 1. The van der Waals surface area contributed by atoms with Crippen LogP contribution < -0.4 is 10.1 Å². The van der Waals surface area contributed by atoms with Gasteiger partial charge in [0, 0.05) is 24.7 Å². The first-order valence-electron chi connectivity index (χ1n) is 8.79. The number of furan rings is 1. The van der Waals surface area contributed by atoms with Crippen molar-refractivity contribution in [2.45, 2.75) is 18.8 Å². The third kappa shape index (κ3) is 3.79. The number of anilines is 1. The molecule has 140 valence electrons. The van der Waals surface area contributed by atoms with Gasteiger partial charge in [-0.05, 0) is 43.2 Å². The molecule has 8 heteroatoms. The molecule has 1 aliphatic heterocycles. The largest absolute Gasteiger partial charge is 0.497 e. The van der Waals surface area contributed by atoms with E-state index >= 15 is 0 Å². The van der Waals surface area contributed by atoms with Crippen molar-refractivity contribution in [3.05, 3.63) is 48.7 Å². The standard InChI is InChI=1S/C19H20N4O4/c1-25-16-4-2-15(3-5-16)20-19(24)23-9-6-13(7-10-23)17-21-22-18(27-17)14-8-11-26-12-14/h2-5,8,11-13H,6-7,9-10H2,1H3,(H,20,24). The maximum Gasteiger partial charge on any atom is 0.321 e. The molecule has 2 aromatic heterocycles. The Morgan fingerprint density at radius 2 is 1.96 bits per heavy atom. The lowest BCUT2D eigenvalue weighted by atomic mass is 9.97. The van der Waals surface area contributed by atoms with Crippen molar-refractivity contribution in [2.24, 2.45) is 0 Å². The van der Waals surface area contributed by atoms with Crippen LogP contribution in [0.1, 0.15) is 24.7 Å². The van der Waals surface area contributed by atoms with Crippen LogP contribution in [0.15, 0.2) is 51.7 Å². The maximum absolute atomic E-state index is 12.4. The highest BCUT2D eigenvalue weighted by Crippen LogP contribution is 2.29. The Morgan fingerprint density at radius 3 is 2.63 bits per heavy atom.